The van der Waals surface area contributed by atoms with Gasteiger partial charge in [0.2, 0.25) is 5.91 Å². The van der Waals surface area contributed by atoms with Gasteiger partial charge in [0.1, 0.15) is 6.54 Å². The van der Waals surface area contributed by atoms with Crippen molar-refractivity contribution in [1.82, 2.24) is 4.90 Å². The lowest BCUT2D eigenvalue weighted by Crippen LogP contribution is -2.39. The van der Waals surface area contributed by atoms with E-state index in [9.17, 15) is 22.8 Å². The number of hydrogen-bond acceptors (Lipinski definition) is 3. The zero-order chi connectivity index (χ0) is 15.6. The first kappa shape index (κ1) is 18.7. The Morgan fingerprint density at radius 3 is 2.35 bits per heavy atom. The predicted molar refractivity (Wildman–Crippen MR) is 65.2 cm³/mol. The summed E-state index contributed by atoms with van der Waals surface area (Å²) in [5.41, 5.74) is 0. The number of carbonyl (C=O) groups is 2. The van der Waals surface area contributed by atoms with Crippen LogP contribution in [0.2, 0.25) is 0 Å². The van der Waals surface area contributed by atoms with Gasteiger partial charge in [-0.05, 0) is 19.8 Å². The summed E-state index contributed by atoms with van der Waals surface area (Å²) in [5, 5.41) is 8.43. The summed E-state index contributed by atoms with van der Waals surface area (Å²) >= 11 is 0. The van der Waals surface area contributed by atoms with E-state index >= 15 is 0 Å². The topological polar surface area (TPSA) is 66.8 Å². The zero-order valence-corrected chi connectivity index (χ0v) is 11.4. The van der Waals surface area contributed by atoms with E-state index in [1.54, 1.807) is 6.92 Å². The fraction of sp³-hybridized carbons (Fsp3) is 0.833. The summed E-state index contributed by atoms with van der Waals surface area (Å²) in [6, 6.07) is 0. The van der Waals surface area contributed by atoms with E-state index in [0.717, 1.165) is 0 Å². The Morgan fingerprint density at radius 2 is 1.85 bits per heavy atom. The molecule has 118 valence electrons. The number of carbonyl (C=O) groups excluding carboxylic acids is 1. The van der Waals surface area contributed by atoms with Gasteiger partial charge in [0.05, 0.1) is 0 Å². The Morgan fingerprint density at radius 1 is 1.20 bits per heavy atom. The van der Waals surface area contributed by atoms with Crippen LogP contribution in [0.1, 0.15) is 32.6 Å². The Labute approximate surface area is 115 Å². The summed E-state index contributed by atoms with van der Waals surface area (Å²) in [7, 11) is 0. The van der Waals surface area contributed by atoms with Gasteiger partial charge in [-0.1, -0.05) is 0 Å². The number of carboxylic acids is 1. The van der Waals surface area contributed by atoms with Crippen LogP contribution in [-0.4, -0.2) is 54.4 Å². The SMILES string of the molecule is CCOCCCN(CC(F)(F)F)C(=O)CCCC(=O)O. The van der Waals surface area contributed by atoms with Gasteiger partial charge in [-0.15, -0.1) is 0 Å². The van der Waals surface area contributed by atoms with Gasteiger partial charge in [-0.3, -0.25) is 9.59 Å². The van der Waals surface area contributed by atoms with Crippen molar-refractivity contribution in [3.05, 3.63) is 0 Å². The molecule has 8 heteroatoms. The summed E-state index contributed by atoms with van der Waals surface area (Å²) in [6.45, 7) is 1.15. The number of aliphatic carboxylic acids is 1. The van der Waals surface area contributed by atoms with Crippen LogP contribution >= 0.6 is 0 Å². The second-order valence-electron chi connectivity index (χ2n) is 4.23. The number of amides is 1. The molecule has 0 aromatic carbocycles. The van der Waals surface area contributed by atoms with Crippen LogP contribution in [0.5, 0.6) is 0 Å². The second kappa shape index (κ2) is 9.57. The molecule has 0 unspecified atom stereocenters. The zero-order valence-electron chi connectivity index (χ0n) is 11.4. The van der Waals surface area contributed by atoms with Crippen molar-refractivity contribution < 1.29 is 32.6 Å². The molecule has 0 saturated carbocycles. The van der Waals surface area contributed by atoms with Gasteiger partial charge in [-0.2, -0.15) is 13.2 Å². The molecule has 1 amide bonds. The third-order valence-corrected chi connectivity index (χ3v) is 2.42. The maximum absolute atomic E-state index is 12.4. The molecule has 0 spiro atoms. The van der Waals surface area contributed by atoms with E-state index in [1.165, 1.54) is 0 Å². The maximum atomic E-state index is 12.4. The molecule has 0 bridgehead atoms. The lowest BCUT2D eigenvalue weighted by molar-refractivity contribution is -0.161. The van der Waals surface area contributed by atoms with Gasteiger partial charge in [0.15, 0.2) is 0 Å². The van der Waals surface area contributed by atoms with Crippen molar-refractivity contribution in [2.45, 2.75) is 38.8 Å². The molecule has 0 aliphatic heterocycles. The number of halogens is 3. The smallest absolute Gasteiger partial charge is 0.406 e. The van der Waals surface area contributed by atoms with Crippen molar-refractivity contribution in [2.75, 3.05) is 26.3 Å². The molecule has 20 heavy (non-hydrogen) atoms. The van der Waals surface area contributed by atoms with Crippen molar-refractivity contribution in [3.8, 4) is 0 Å². The minimum absolute atomic E-state index is 0.0357. The van der Waals surface area contributed by atoms with E-state index in [-0.39, 0.29) is 32.4 Å². The molecular weight excluding hydrogens is 279 g/mol. The number of nitrogens with zero attached hydrogens (tertiary/aromatic N) is 1. The van der Waals surface area contributed by atoms with E-state index in [4.69, 9.17) is 9.84 Å². The van der Waals surface area contributed by atoms with Gasteiger partial charge in [0, 0.05) is 32.6 Å². The lowest BCUT2D eigenvalue weighted by atomic mass is 10.2. The molecule has 0 aliphatic rings. The normalized spacial score (nSPS) is 11.4. The lowest BCUT2D eigenvalue weighted by Gasteiger charge is -2.24. The molecule has 0 aliphatic carbocycles. The van der Waals surface area contributed by atoms with Gasteiger partial charge in [-0.25, -0.2) is 0 Å². The highest BCUT2D eigenvalue weighted by atomic mass is 19.4. The molecule has 0 aromatic heterocycles. The van der Waals surface area contributed by atoms with Gasteiger partial charge >= 0.3 is 12.1 Å². The fourth-order valence-corrected chi connectivity index (χ4v) is 1.56. The van der Waals surface area contributed by atoms with Crippen molar-refractivity contribution >= 4 is 11.9 Å². The average molecular weight is 299 g/mol. The first-order valence-electron chi connectivity index (χ1n) is 6.40. The molecule has 0 radical (unpaired) electrons. The predicted octanol–water partition coefficient (Wildman–Crippen LogP) is 2.06. The highest BCUT2D eigenvalue weighted by molar-refractivity contribution is 5.77. The number of rotatable bonds is 10. The summed E-state index contributed by atoms with van der Waals surface area (Å²) in [6.07, 6.45) is -4.54. The molecule has 0 atom stereocenters. The number of ether oxygens (including phenoxy) is 1. The molecule has 0 aromatic rings. The van der Waals surface area contributed by atoms with Crippen LogP contribution in [0, 0.1) is 0 Å². The molecule has 5 nitrogen and oxygen atoms in total. The molecule has 1 N–H and O–H groups in total. The summed E-state index contributed by atoms with van der Waals surface area (Å²) in [4.78, 5) is 22.7. The third kappa shape index (κ3) is 10.6. The van der Waals surface area contributed by atoms with Crippen LogP contribution in [-0.2, 0) is 14.3 Å². The molecule has 0 rings (SSSR count). The van der Waals surface area contributed by atoms with Crippen LogP contribution < -0.4 is 0 Å². The molecule has 0 heterocycles. The Hall–Kier alpha value is -1.31. The maximum Gasteiger partial charge on any atom is 0.406 e. The molecular formula is C12H20F3NO4. The minimum Gasteiger partial charge on any atom is -0.481 e. The van der Waals surface area contributed by atoms with E-state index in [2.05, 4.69) is 0 Å². The monoisotopic (exact) mass is 299 g/mol. The largest absolute Gasteiger partial charge is 0.481 e. The Bertz CT molecular complexity index is 308. The molecule has 0 saturated heterocycles. The highest BCUT2D eigenvalue weighted by Gasteiger charge is 2.32. The van der Waals surface area contributed by atoms with E-state index < -0.39 is 24.6 Å². The van der Waals surface area contributed by atoms with Crippen molar-refractivity contribution in [1.29, 1.82) is 0 Å². The number of alkyl halides is 3. The Kier molecular flexibility index (Phi) is 8.94. The standard InChI is InChI=1S/C12H20F3NO4/c1-2-20-8-4-7-16(9-12(13,14)15)10(17)5-3-6-11(18)19/h2-9H2,1H3,(H,18,19). The highest BCUT2D eigenvalue weighted by Crippen LogP contribution is 2.17. The van der Waals surface area contributed by atoms with Crippen molar-refractivity contribution in [2.24, 2.45) is 0 Å². The first-order chi connectivity index (χ1) is 9.26. The summed E-state index contributed by atoms with van der Waals surface area (Å²) in [5.74, 6) is -1.75. The Balaban J connectivity index is 4.27. The molecule has 0 fully saturated rings. The fourth-order valence-electron chi connectivity index (χ4n) is 1.56. The number of hydrogen-bond donors (Lipinski definition) is 1. The second-order valence-corrected chi connectivity index (χ2v) is 4.23. The minimum atomic E-state index is -4.46. The first-order valence-corrected chi connectivity index (χ1v) is 6.40. The van der Waals surface area contributed by atoms with Crippen LogP contribution in [0.15, 0.2) is 0 Å². The van der Waals surface area contributed by atoms with Crippen LogP contribution in [0.4, 0.5) is 13.2 Å². The number of carboxylic acid groups (broad SMARTS) is 1. The van der Waals surface area contributed by atoms with E-state index in [1.807, 2.05) is 0 Å². The summed E-state index contributed by atoms with van der Waals surface area (Å²) < 4.78 is 42.1. The van der Waals surface area contributed by atoms with Gasteiger partial charge in [0.25, 0.3) is 0 Å². The van der Waals surface area contributed by atoms with Crippen molar-refractivity contribution in [3.63, 3.8) is 0 Å². The van der Waals surface area contributed by atoms with E-state index in [0.29, 0.717) is 17.9 Å². The van der Waals surface area contributed by atoms with Gasteiger partial charge < -0.3 is 14.7 Å². The average Bonchev–Trinajstić information content (AvgIpc) is 2.31. The third-order valence-electron chi connectivity index (χ3n) is 2.42. The van der Waals surface area contributed by atoms with Crippen LogP contribution in [0.3, 0.4) is 0 Å². The quantitative estimate of drug-likeness (QED) is 0.627. The van der Waals surface area contributed by atoms with Crippen LogP contribution in [0.25, 0.3) is 0 Å².